The first-order valence-electron chi connectivity index (χ1n) is 14.4. The number of alkyl halides is 1. The van der Waals surface area contributed by atoms with E-state index < -0.39 is 29.0 Å². The molecule has 16 heteroatoms. The zero-order valence-corrected chi connectivity index (χ0v) is 26.2. The molecular formula is C30H31Cl2N9O5. The van der Waals surface area contributed by atoms with Crippen LogP contribution in [0.15, 0.2) is 65.1 Å². The lowest BCUT2D eigenvalue weighted by molar-refractivity contribution is -0.134. The van der Waals surface area contributed by atoms with Gasteiger partial charge in [0.25, 0.3) is 0 Å². The van der Waals surface area contributed by atoms with E-state index in [9.17, 15) is 19.5 Å². The number of nitrogens with zero attached hydrogens (tertiary/aromatic N) is 7. The van der Waals surface area contributed by atoms with Crippen LogP contribution in [0.1, 0.15) is 36.8 Å². The molecule has 240 valence electrons. The van der Waals surface area contributed by atoms with Crippen LogP contribution in [-0.2, 0) is 14.3 Å². The van der Waals surface area contributed by atoms with E-state index in [1.807, 2.05) is 0 Å². The Morgan fingerprint density at radius 2 is 1.93 bits per heavy atom. The van der Waals surface area contributed by atoms with Crippen LogP contribution in [0.25, 0.3) is 11.8 Å². The SMILES string of the molecule is COC(=O)Nc1ccc(C2=NN=CC(Cl)(C(CC(=O)N3CCC(O)CC3)NC(=O)C=Cc3cc(Cl)ccc3-n3cnnn3)C2)cc1. The quantitative estimate of drug-likeness (QED) is 0.230. The maximum Gasteiger partial charge on any atom is 0.411 e. The standard InChI is InChI=1S/C30H31Cl2N9O5/c1-46-29(45)35-22-6-2-19(3-7-22)24-16-30(32,17-33-37-24)26(15-28(44)40-12-10-23(42)11-13-40)36-27(43)9-4-20-14-21(31)5-8-25(20)41-18-34-38-39-41/h2-9,14,17-18,23,26,42H,10-13,15-16H2,1H3,(H,35,45)(H,36,43). The fourth-order valence-electron chi connectivity index (χ4n) is 5.10. The zero-order valence-electron chi connectivity index (χ0n) is 24.7. The average molecular weight is 669 g/mol. The number of aliphatic hydroxyl groups is 1. The molecule has 0 spiro atoms. The summed E-state index contributed by atoms with van der Waals surface area (Å²) in [6, 6.07) is 11.0. The lowest BCUT2D eigenvalue weighted by atomic mass is 9.88. The molecule has 3 amide bonds. The third kappa shape index (κ3) is 8.13. The first-order valence-corrected chi connectivity index (χ1v) is 15.1. The molecule has 14 nitrogen and oxygen atoms in total. The molecular weight excluding hydrogens is 637 g/mol. The Morgan fingerprint density at radius 1 is 1.17 bits per heavy atom. The summed E-state index contributed by atoms with van der Waals surface area (Å²) < 4.78 is 6.07. The smallest absolute Gasteiger partial charge is 0.411 e. The molecule has 2 aromatic carbocycles. The number of carbonyl (C=O) groups excluding carboxylic acids is 3. The minimum Gasteiger partial charge on any atom is -0.453 e. The molecule has 46 heavy (non-hydrogen) atoms. The van der Waals surface area contributed by atoms with Crippen LogP contribution in [0.3, 0.4) is 0 Å². The van der Waals surface area contributed by atoms with Crippen LogP contribution in [0.5, 0.6) is 0 Å². The highest BCUT2D eigenvalue weighted by Gasteiger charge is 2.41. The fraction of sp³-hybridized carbons (Fsp3) is 0.333. The van der Waals surface area contributed by atoms with Crippen molar-refractivity contribution in [2.75, 3.05) is 25.5 Å². The summed E-state index contributed by atoms with van der Waals surface area (Å²) in [4.78, 5) is 38.7. The number of methoxy groups -OCH3 is 1. The minimum atomic E-state index is -1.32. The third-order valence-corrected chi connectivity index (χ3v) is 8.36. The van der Waals surface area contributed by atoms with Crippen LogP contribution in [0, 0.1) is 0 Å². The van der Waals surface area contributed by atoms with Gasteiger partial charge < -0.3 is 20.1 Å². The predicted molar refractivity (Wildman–Crippen MR) is 172 cm³/mol. The summed E-state index contributed by atoms with van der Waals surface area (Å²) in [5.74, 6) is -0.724. The molecule has 5 rings (SSSR count). The minimum absolute atomic E-state index is 0.118. The van der Waals surface area contributed by atoms with Crippen LogP contribution < -0.4 is 10.6 Å². The number of tetrazole rings is 1. The Kier molecular flexibility index (Phi) is 10.4. The molecule has 2 atom stereocenters. The molecule has 0 radical (unpaired) electrons. The Morgan fingerprint density at radius 3 is 2.63 bits per heavy atom. The molecule has 2 unspecified atom stereocenters. The van der Waals surface area contributed by atoms with E-state index in [4.69, 9.17) is 23.2 Å². The van der Waals surface area contributed by atoms with Crippen molar-refractivity contribution in [2.45, 2.75) is 42.7 Å². The number of nitrogens with one attached hydrogen (secondary N) is 2. The maximum atomic E-state index is 13.4. The van der Waals surface area contributed by atoms with Crippen molar-refractivity contribution in [1.29, 1.82) is 0 Å². The Bertz CT molecular complexity index is 1660. The van der Waals surface area contributed by atoms with Crippen LogP contribution in [0.2, 0.25) is 5.02 Å². The van der Waals surface area contributed by atoms with Gasteiger partial charge >= 0.3 is 6.09 Å². The van der Waals surface area contributed by atoms with E-state index in [0.717, 1.165) is 0 Å². The van der Waals surface area contributed by atoms with Gasteiger partial charge in [-0.25, -0.2) is 4.79 Å². The van der Waals surface area contributed by atoms with Crippen molar-refractivity contribution in [2.24, 2.45) is 10.2 Å². The number of amides is 3. The van der Waals surface area contributed by atoms with Crippen LogP contribution in [0.4, 0.5) is 10.5 Å². The number of aliphatic hydroxyl groups excluding tert-OH is 1. The monoisotopic (exact) mass is 667 g/mol. The Balaban J connectivity index is 1.36. The first-order chi connectivity index (χ1) is 22.1. The molecule has 0 saturated carbocycles. The molecule has 3 aromatic rings. The second kappa shape index (κ2) is 14.6. The van der Waals surface area contributed by atoms with Gasteiger partial charge in [0.2, 0.25) is 11.8 Å². The van der Waals surface area contributed by atoms with E-state index in [-0.39, 0.29) is 18.7 Å². The number of piperidine rings is 1. The number of likely N-dealkylation sites (tertiary alicyclic amines) is 1. The third-order valence-electron chi connectivity index (χ3n) is 7.63. The topological polar surface area (TPSA) is 176 Å². The van der Waals surface area contributed by atoms with Crippen molar-refractivity contribution in [3.63, 3.8) is 0 Å². The Hall–Kier alpha value is -4.66. The van der Waals surface area contributed by atoms with E-state index in [0.29, 0.717) is 59.2 Å². The highest BCUT2D eigenvalue weighted by molar-refractivity contribution is 6.35. The average Bonchev–Trinajstić information content (AvgIpc) is 3.59. The summed E-state index contributed by atoms with van der Waals surface area (Å²) in [5.41, 5.74) is 2.91. The Labute approximate surface area is 274 Å². The number of ether oxygens (including phenoxy) is 1. The van der Waals surface area contributed by atoms with Gasteiger partial charge in [-0.15, -0.1) is 16.7 Å². The normalized spacial score (nSPS) is 19.0. The zero-order chi connectivity index (χ0) is 32.7. The number of benzene rings is 2. The van der Waals surface area contributed by atoms with Gasteiger partial charge in [-0.2, -0.15) is 14.9 Å². The lowest BCUT2D eigenvalue weighted by Gasteiger charge is -2.36. The first kappa shape index (κ1) is 32.7. The van der Waals surface area contributed by atoms with Gasteiger partial charge in [0, 0.05) is 48.3 Å². The summed E-state index contributed by atoms with van der Waals surface area (Å²) in [5, 5.41) is 35.5. The highest BCUT2D eigenvalue weighted by Crippen LogP contribution is 2.31. The molecule has 1 aromatic heterocycles. The fourth-order valence-corrected chi connectivity index (χ4v) is 5.59. The number of carbonyl (C=O) groups is 3. The van der Waals surface area contributed by atoms with E-state index in [2.05, 4.69) is 41.1 Å². The van der Waals surface area contributed by atoms with Crippen LogP contribution in [-0.4, -0.2) is 97.3 Å². The van der Waals surface area contributed by atoms with Gasteiger partial charge in [-0.1, -0.05) is 23.7 Å². The van der Waals surface area contributed by atoms with Crippen LogP contribution >= 0.6 is 23.2 Å². The molecule has 1 saturated heterocycles. The second-order valence-electron chi connectivity index (χ2n) is 10.8. The summed E-state index contributed by atoms with van der Waals surface area (Å²) >= 11 is 13.4. The van der Waals surface area contributed by atoms with E-state index in [1.165, 1.54) is 30.4 Å². The summed E-state index contributed by atoms with van der Waals surface area (Å²) in [7, 11) is 1.27. The van der Waals surface area contributed by atoms with Gasteiger partial charge in [0.1, 0.15) is 11.2 Å². The van der Waals surface area contributed by atoms with Gasteiger partial charge in [-0.3, -0.25) is 14.9 Å². The molecule has 0 bridgehead atoms. The molecule has 0 aliphatic carbocycles. The van der Waals surface area contributed by atoms with E-state index >= 15 is 0 Å². The number of rotatable bonds is 9. The van der Waals surface area contributed by atoms with Crippen molar-refractivity contribution >= 4 is 64.8 Å². The number of hydrogen-bond donors (Lipinski definition) is 3. The maximum absolute atomic E-state index is 13.4. The number of hydrogen-bond acceptors (Lipinski definition) is 10. The summed E-state index contributed by atoms with van der Waals surface area (Å²) in [6.07, 6.45) is 5.64. The van der Waals surface area contributed by atoms with Gasteiger partial charge in [0.15, 0.2) is 0 Å². The van der Waals surface area contributed by atoms with Crippen molar-refractivity contribution in [3.05, 3.63) is 71.0 Å². The molecule has 3 heterocycles. The summed E-state index contributed by atoms with van der Waals surface area (Å²) in [6.45, 7) is 0.800. The molecule has 3 N–H and O–H groups in total. The number of aromatic nitrogens is 4. The molecule has 1 fully saturated rings. The van der Waals surface area contributed by atoms with Gasteiger partial charge in [-0.05, 0) is 65.2 Å². The van der Waals surface area contributed by atoms with Crippen molar-refractivity contribution in [1.82, 2.24) is 30.4 Å². The largest absolute Gasteiger partial charge is 0.453 e. The van der Waals surface area contributed by atoms with Crippen molar-refractivity contribution in [3.8, 4) is 5.69 Å². The molecule has 2 aliphatic heterocycles. The predicted octanol–water partition coefficient (Wildman–Crippen LogP) is 3.22. The van der Waals surface area contributed by atoms with E-state index in [1.54, 1.807) is 53.4 Å². The molecule has 2 aliphatic rings. The second-order valence-corrected chi connectivity index (χ2v) is 11.9. The van der Waals surface area contributed by atoms with Gasteiger partial charge in [0.05, 0.1) is 36.9 Å². The highest BCUT2D eigenvalue weighted by atomic mass is 35.5. The number of anilines is 1. The number of halogens is 2. The lowest BCUT2D eigenvalue weighted by Crippen LogP contribution is -2.54. The van der Waals surface area contributed by atoms with Crippen molar-refractivity contribution < 1.29 is 24.2 Å².